The van der Waals surface area contributed by atoms with Gasteiger partial charge in [0, 0.05) is 5.56 Å². The van der Waals surface area contributed by atoms with Gasteiger partial charge in [-0.1, -0.05) is 43.3 Å². The Labute approximate surface area is 106 Å². The molecule has 0 saturated heterocycles. The molecule has 0 aliphatic carbocycles. The molecule has 0 radical (unpaired) electrons. The number of hydrogen-bond acceptors (Lipinski definition) is 2. The lowest BCUT2D eigenvalue weighted by Gasteiger charge is -2.10. The number of rotatable bonds is 3. The summed E-state index contributed by atoms with van der Waals surface area (Å²) >= 11 is 0. The molecule has 0 aliphatic rings. The van der Waals surface area contributed by atoms with Crippen LogP contribution >= 0.6 is 0 Å². The largest absolute Gasteiger partial charge is 0.336 e. The van der Waals surface area contributed by atoms with Crippen molar-refractivity contribution in [1.29, 1.82) is 5.26 Å². The van der Waals surface area contributed by atoms with Crippen LogP contribution in [0.5, 0.6) is 0 Å². The van der Waals surface area contributed by atoms with Gasteiger partial charge in [-0.25, -0.2) is 0 Å². The van der Waals surface area contributed by atoms with Crippen molar-refractivity contribution in [1.82, 2.24) is 5.32 Å². The van der Waals surface area contributed by atoms with Gasteiger partial charge in [0.2, 0.25) is 0 Å². The molecule has 18 heavy (non-hydrogen) atoms. The zero-order valence-corrected chi connectivity index (χ0v) is 10.2. The Bertz CT molecular complexity index is 608. The highest BCUT2D eigenvalue weighted by Crippen LogP contribution is 2.18. The summed E-state index contributed by atoms with van der Waals surface area (Å²) in [6, 6.07) is 15.0. The van der Waals surface area contributed by atoms with Gasteiger partial charge in [0.1, 0.15) is 6.04 Å². The molecule has 1 amide bonds. The van der Waals surface area contributed by atoms with Crippen LogP contribution in [0.2, 0.25) is 0 Å². The van der Waals surface area contributed by atoms with Crippen molar-refractivity contribution in [3.63, 3.8) is 0 Å². The maximum absolute atomic E-state index is 12.1. The molecule has 2 aromatic carbocycles. The van der Waals surface area contributed by atoms with E-state index in [0.717, 1.165) is 10.8 Å². The highest BCUT2D eigenvalue weighted by Gasteiger charge is 2.13. The molecule has 0 bridgehead atoms. The lowest BCUT2D eigenvalue weighted by atomic mass is 10.0. The predicted octanol–water partition coefficient (Wildman–Crippen LogP) is 2.87. The smallest absolute Gasteiger partial charge is 0.252 e. The number of nitriles is 1. The second-order valence-electron chi connectivity index (χ2n) is 4.09. The maximum atomic E-state index is 12.1. The van der Waals surface area contributed by atoms with Crippen molar-refractivity contribution in [3.05, 3.63) is 48.0 Å². The average molecular weight is 238 g/mol. The number of nitrogens with zero attached hydrogens (tertiary/aromatic N) is 1. The molecule has 1 atom stereocenters. The van der Waals surface area contributed by atoms with Gasteiger partial charge in [-0.15, -0.1) is 0 Å². The Kier molecular flexibility index (Phi) is 3.59. The Morgan fingerprint density at radius 3 is 2.72 bits per heavy atom. The quantitative estimate of drug-likeness (QED) is 0.893. The summed E-state index contributed by atoms with van der Waals surface area (Å²) < 4.78 is 0. The Morgan fingerprint density at radius 2 is 2.00 bits per heavy atom. The molecule has 3 heteroatoms. The molecule has 90 valence electrons. The minimum Gasteiger partial charge on any atom is -0.336 e. The van der Waals surface area contributed by atoms with Crippen molar-refractivity contribution >= 4 is 16.7 Å². The van der Waals surface area contributed by atoms with E-state index in [1.165, 1.54) is 0 Å². The number of nitrogens with one attached hydrogen (secondary N) is 1. The lowest BCUT2D eigenvalue weighted by molar-refractivity contribution is 0.0946. The Balaban J connectivity index is 2.37. The van der Waals surface area contributed by atoms with Crippen LogP contribution in [0.3, 0.4) is 0 Å². The molecule has 1 unspecified atom stereocenters. The summed E-state index contributed by atoms with van der Waals surface area (Å²) in [6.07, 6.45) is 0.604. The van der Waals surface area contributed by atoms with Crippen LogP contribution < -0.4 is 5.32 Å². The molecule has 0 heterocycles. The fourth-order valence-electron chi connectivity index (χ4n) is 1.89. The first-order chi connectivity index (χ1) is 8.76. The van der Waals surface area contributed by atoms with E-state index in [-0.39, 0.29) is 5.91 Å². The van der Waals surface area contributed by atoms with E-state index in [1.807, 2.05) is 43.3 Å². The Hall–Kier alpha value is -2.34. The first-order valence-electron chi connectivity index (χ1n) is 5.94. The van der Waals surface area contributed by atoms with Crippen LogP contribution in [0, 0.1) is 11.3 Å². The van der Waals surface area contributed by atoms with E-state index in [4.69, 9.17) is 5.26 Å². The van der Waals surface area contributed by atoms with Crippen molar-refractivity contribution in [2.24, 2.45) is 0 Å². The van der Waals surface area contributed by atoms with Crippen LogP contribution in [0.25, 0.3) is 10.8 Å². The molecule has 0 spiro atoms. The van der Waals surface area contributed by atoms with Crippen molar-refractivity contribution in [2.75, 3.05) is 0 Å². The molecule has 0 fully saturated rings. The third-order valence-corrected chi connectivity index (χ3v) is 2.90. The highest BCUT2D eigenvalue weighted by molar-refractivity contribution is 6.07. The van der Waals surface area contributed by atoms with Crippen LogP contribution in [0.4, 0.5) is 0 Å². The van der Waals surface area contributed by atoms with Crippen LogP contribution in [-0.4, -0.2) is 11.9 Å². The number of hydrogen-bond donors (Lipinski definition) is 1. The molecule has 2 aromatic rings. The normalized spacial score (nSPS) is 11.8. The predicted molar refractivity (Wildman–Crippen MR) is 71.1 cm³/mol. The zero-order chi connectivity index (χ0) is 13.0. The summed E-state index contributed by atoms with van der Waals surface area (Å²) in [6.45, 7) is 1.87. The fraction of sp³-hybridized carbons (Fsp3) is 0.200. The molecule has 0 saturated carbocycles. The molecule has 2 rings (SSSR count). The maximum Gasteiger partial charge on any atom is 0.252 e. The standard InChI is InChI=1S/C15H14N2O/c1-2-12(10-16)17-15(18)14-9-5-7-11-6-3-4-8-13(11)14/h3-9,12H,2H2,1H3,(H,17,18). The van der Waals surface area contributed by atoms with Gasteiger partial charge >= 0.3 is 0 Å². The third-order valence-electron chi connectivity index (χ3n) is 2.90. The first-order valence-corrected chi connectivity index (χ1v) is 5.94. The van der Waals surface area contributed by atoms with E-state index in [1.54, 1.807) is 6.07 Å². The fourth-order valence-corrected chi connectivity index (χ4v) is 1.89. The van der Waals surface area contributed by atoms with E-state index in [9.17, 15) is 4.79 Å². The minimum absolute atomic E-state index is 0.194. The van der Waals surface area contributed by atoms with E-state index in [2.05, 4.69) is 11.4 Å². The number of carbonyl (C=O) groups excluding carboxylic acids is 1. The van der Waals surface area contributed by atoms with Crippen LogP contribution in [0.1, 0.15) is 23.7 Å². The van der Waals surface area contributed by atoms with Gasteiger partial charge in [0.15, 0.2) is 0 Å². The SMILES string of the molecule is CCC(C#N)NC(=O)c1cccc2ccccc12. The first kappa shape index (κ1) is 12.1. The summed E-state index contributed by atoms with van der Waals surface area (Å²) in [5, 5.41) is 13.5. The molecule has 0 aliphatic heterocycles. The van der Waals surface area contributed by atoms with Gasteiger partial charge in [-0.3, -0.25) is 4.79 Å². The number of fused-ring (bicyclic) bond motifs is 1. The molecule has 3 nitrogen and oxygen atoms in total. The summed E-state index contributed by atoms with van der Waals surface area (Å²) in [7, 11) is 0. The van der Waals surface area contributed by atoms with E-state index >= 15 is 0 Å². The molecular weight excluding hydrogens is 224 g/mol. The van der Waals surface area contributed by atoms with E-state index < -0.39 is 6.04 Å². The van der Waals surface area contributed by atoms with Crippen molar-refractivity contribution < 1.29 is 4.79 Å². The van der Waals surface area contributed by atoms with Gasteiger partial charge in [-0.2, -0.15) is 5.26 Å². The molecular formula is C15H14N2O. The average Bonchev–Trinajstić information content (AvgIpc) is 2.43. The van der Waals surface area contributed by atoms with Crippen LogP contribution in [0.15, 0.2) is 42.5 Å². The summed E-state index contributed by atoms with van der Waals surface area (Å²) in [5.41, 5.74) is 0.613. The summed E-state index contributed by atoms with van der Waals surface area (Å²) in [5.74, 6) is -0.194. The second-order valence-corrected chi connectivity index (χ2v) is 4.09. The van der Waals surface area contributed by atoms with Crippen molar-refractivity contribution in [3.8, 4) is 6.07 Å². The number of amides is 1. The lowest BCUT2D eigenvalue weighted by Crippen LogP contribution is -2.33. The molecule has 0 aromatic heterocycles. The number of benzene rings is 2. The van der Waals surface area contributed by atoms with Gasteiger partial charge in [0.05, 0.1) is 6.07 Å². The van der Waals surface area contributed by atoms with Gasteiger partial charge in [0.25, 0.3) is 5.91 Å². The monoisotopic (exact) mass is 238 g/mol. The van der Waals surface area contributed by atoms with Gasteiger partial charge in [-0.05, 0) is 23.3 Å². The topological polar surface area (TPSA) is 52.9 Å². The second kappa shape index (κ2) is 5.33. The number of carbonyl (C=O) groups is 1. The molecule has 1 N–H and O–H groups in total. The Morgan fingerprint density at radius 1 is 1.28 bits per heavy atom. The third kappa shape index (κ3) is 2.33. The summed E-state index contributed by atoms with van der Waals surface area (Å²) in [4.78, 5) is 12.1. The van der Waals surface area contributed by atoms with Crippen molar-refractivity contribution in [2.45, 2.75) is 19.4 Å². The minimum atomic E-state index is -0.434. The zero-order valence-electron chi connectivity index (χ0n) is 10.2. The van der Waals surface area contributed by atoms with Gasteiger partial charge < -0.3 is 5.32 Å². The highest BCUT2D eigenvalue weighted by atomic mass is 16.1. The van der Waals surface area contributed by atoms with Crippen LogP contribution in [-0.2, 0) is 0 Å². The van der Waals surface area contributed by atoms with E-state index in [0.29, 0.717) is 12.0 Å².